The van der Waals surface area contributed by atoms with E-state index in [0.717, 1.165) is 0 Å². The van der Waals surface area contributed by atoms with Gasteiger partial charge in [-0.1, -0.05) is 0 Å². The first-order valence-electron chi connectivity index (χ1n) is 5.03. The maximum Gasteiger partial charge on any atom is 0.470 e. The smallest absolute Gasteiger partial charge is 0.387 e. The number of rotatable bonds is 4. The Morgan fingerprint density at radius 2 is 0.900 bits per heavy atom. The van der Waals surface area contributed by atoms with Crippen molar-refractivity contribution in [1.82, 2.24) is 0 Å². The zero-order chi connectivity index (χ0) is 15.9. The molecular formula is C6H14O12P2. The zero-order valence-electron chi connectivity index (χ0n) is 9.57. The van der Waals surface area contributed by atoms with Gasteiger partial charge >= 0.3 is 15.6 Å². The van der Waals surface area contributed by atoms with Crippen LogP contribution >= 0.6 is 15.6 Å². The van der Waals surface area contributed by atoms with E-state index in [4.69, 9.17) is 19.6 Å². The van der Waals surface area contributed by atoms with Gasteiger partial charge in [-0.05, 0) is 0 Å². The monoisotopic (exact) mass is 340 g/mol. The van der Waals surface area contributed by atoms with Crippen LogP contribution in [0.5, 0.6) is 0 Å². The molecule has 0 aromatic rings. The molecule has 0 aromatic heterocycles. The van der Waals surface area contributed by atoms with Crippen LogP contribution in [0.25, 0.3) is 0 Å². The van der Waals surface area contributed by atoms with Crippen LogP contribution in [-0.4, -0.2) is 76.6 Å². The molecule has 0 spiro atoms. The van der Waals surface area contributed by atoms with Crippen LogP contribution in [0, 0.1) is 0 Å². The number of hydrogen-bond acceptors (Lipinski definition) is 8. The van der Waals surface area contributed by atoms with E-state index in [1.54, 1.807) is 0 Å². The minimum absolute atomic E-state index is 2.12. The molecule has 14 heteroatoms. The largest absolute Gasteiger partial charge is 0.470 e. The van der Waals surface area contributed by atoms with Crippen LogP contribution in [0.4, 0.5) is 0 Å². The van der Waals surface area contributed by atoms with E-state index in [0.29, 0.717) is 0 Å². The van der Waals surface area contributed by atoms with Gasteiger partial charge < -0.3 is 40.0 Å². The molecule has 12 nitrogen and oxygen atoms in total. The Bertz CT molecular complexity index is 390. The number of aliphatic hydroxyl groups excluding tert-OH is 4. The normalized spacial score (nSPS) is 39.8. The van der Waals surface area contributed by atoms with Crippen molar-refractivity contribution < 1.29 is 58.2 Å². The topological polar surface area (TPSA) is 214 Å². The average Bonchev–Trinajstić information content (AvgIpc) is 2.25. The van der Waals surface area contributed by atoms with E-state index < -0.39 is 52.3 Å². The van der Waals surface area contributed by atoms with Gasteiger partial charge in [-0.2, -0.15) is 0 Å². The van der Waals surface area contributed by atoms with Gasteiger partial charge in [0.05, 0.1) is 0 Å². The lowest BCUT2D eigenvalue weighted by atomic mass is 9.85. The lowest BCUT2D eigenvalue weighted by molar-refractivity contribution is -0.215. The van der Waals surface area contributed by atoms with Gasteiger partial charge in [0.1, 0.15) is 36.6 Å². The molecule has 1 fully saturated rings. The maximum absolute atomic E-state index is 10.7. The van der Waals surface area contributed by atoms with Crippen LogP contribution in [0.15, 0.2) is 0 Å². The van der Waals surface area contributed by atoms with Crippen molar-refractivity contribution in [3.8, 4) is 0 Å². The van der Waals surface area contributed by atoms with Gasteiger partial charge in [0.2, 0.25) is 0 Å². The predicted molar refractivity (Wildman–Crippen MR) is 57.9 cm³/mol. The molecule has 20 heavy (non-hydrogen) atoms. The number of aliphatic hydroxyl groups is 4. The average molecular weight is 340 g/mol. The van der Waals surface area contributed by atoms with E-state index in [1.165, 1.54) is 0 Å². The Morgan fingerprint density at radius 1 is 0.600 bits per heavy atom. The molecule has 1 rings (SSSR count). The minimum atomic E-state index is -5.20. The summed E-state index contributed by atoms with van der Waals surface area (Å²) in [5.41, 5.74) is 0. The molecule has 0 bridgehead atoms. The second kappa shape index (κ2) is 6.05. The second-order valence-electron chi connectivity index (χ2n) is 4.08. The molecule has 0 aliphatic heterocycles. The van der Waals surface area contributed by atoms with Crippen molar-refractivity contribution in [1.29, 1.82) is 0 Å². The van der Waals surface area contributed by atoms with E-state index in [-0.39, 0.29) is 0 Å². The van der Waals surface area contributed by atoms with Crippen molar-refractivity contribution in [3.05, 3.63) is 0 Å². The fraction of sp³-hybridized carbons (Fsp3) is 1.00. The maximum atomic E-state index is 10.7. The highest BCUT2D eigenvalue weighted by atomic mass is 31.2. The van der Waals surface area contributed by atoms with Gasteiger partial charge in [0, 0.05) is 0 Å². The molecule has 0 saturated heterocycles. The molecular weight excluding hydrogens is 326 g/mol. The molecule has 0 radical (unpaired) electrons. The van der Waals surface area contributed by atoms with Crippen LogP contribution in [-0.2, 0) is 18.2 Å². The third kappa shape index (κ3) is 4.53. The van der Waals surface area contributed by atoms with Crippen molar-refractivity contribution in [2.75, 3.05) is 0 Å². The van der Waals surface area contributed by atoms with Gasteiger partial charge in [-0.15, -0.1) is 0 Å². The number of hydrogen-bond donors (Lipinski definition) is 8. The number of phosphoric acid groups is 2. The second-order valence-corrected chi connectivity index (χ2v) is 6.47. The summed E-state index contributed by atoms with van der Waals surface area (Å²) in [7, 11) is -10.4. The molecule has 120 valence electrons. The summed E-state index contributed by atoms with van der Waals surface area (Å²) >= 11 is 0. The molecule has 0 amide bonds. The first-order valence-corrected chi connectivity index (χ1v) is 8.10. The number of phosphoric ester groups is 2. The van der Waals surface area contributed by atoms with Crippen molar-refractivity contribution in [3.63, 3.8) is 0 Å². The molecule has 6 atom stereocenters. The fourth-order valence-corrected chi connectivity index (χ4v) is 2.88. The standard InChI is InChI=1S/C6H14O12P2/c7-1-2(8)5(17-19(11,12)13)4(10)6(3(1)9)18-20(14,15)16/h1-10H,(H2,11,12,13)(H2,14,15,16)/t1?,2-,3+,4?,5-,6-/m0/s1. The van der Waals surface area contributed by atoms with E-state index in [9.17, 15) is 29.6 Å². The third-order valence-electron chi connectivity index (χ3n) is 2.56. The van der Waals surface area contributed by atoms with Crippen LogP contribution in [0.1, 0.15) is 0 Å². The summed E-state index contributed by atoms with van der Waals surface area (Å²) in [6, 6.07) is 0. The molecule has 8 N–H and O–H groups in total. The Kier molecular flexibility index (Phi) is 5.48. The van der Waals surface area contributed by atoms with Crippen molar-refractivity contribution in [2.45, 2.75) is 36.6 Å². The highest BCUT2D eigenvalue weighted by Crippen LogP contribution is 2.45. The highest BCUT2D eigenvalue weighted by molar-refractivity contribution is 7.46. The Morgan fingerprint density at radius 3 is 1.15 bits per heavy atom. The van der Waals surface area contributed by atoms with Gasteiger partial charge in [-0.3, -0.25) is 9.05 Å². The summed E-state index contributed by atoms with van der Waals surface area (Å²) in [5, 5.41) is 38.0. The SMILES string of the molecule is O=P(O)(O)O[C@@H]1C(O)[C@@H](OP(=O)(O)O)[C@@H](O)C(O)[C@H]1O. The molecule has 1 saturated carbocycles. The first kappa shape index (κ1) is 18.1. The van der Waals surface area contributed by atoms with Gasteiger partial charge in [-0.25, -0.2) is 9.13 Å². The quantitative estimate of drug-likeness (QED) is 0.233. The summed E-state index contributed by atoms with van der Waals surface area (Å²) < 4.78 is 29.4. The molecule has 0 aromatic carbocycles. The lowest BCUT2D eigenvalue weighted by Gasteiger charge is -2.42. The highest BCUT2D eigenvalue weighted by Gasteiger charge is 2.53. The van der Waals surface area contributed by atoms with Crippen LogP contribution in [0.2, 0.25) is 0 Å². The fourth-order valence-electron chi connectivity index (χ4n) is 1.75. The molecule has 1 aliphatic rings. The molecule has 0 heterocycles. The summed E-state index contributed by atoms with van der Waals surface area (Å²) in [4.78, 5) is 34.4. The predicted octanol–water partition coefficient (Wildman–Crippen LogP) is -3.60. The van der Waals surface area contributed by atoms with E-state index >= 15 is 0 Å². The minimum Gasteiger partial charge on any atom is -0.387 e. The van der Waals surface area contributed by atoms with Crippen molar-refractivity contribution in [2.24, 2.45) is 0 Å². The first-order chi connectivity index (χ1) is 8.83. The van der Waals surface area contributed by atoms with Gasteiger partial charge in [0.15, 0.2) is 0 Å². The Balaban J connectivity index is 3.02. The summed E-state index contributed by atoms with van der Waals surface area (Å²) in [6.45, 7) is 0. The van der Waals surface area contributed by atoms with E-state index in [2.05, 4.69) is 9.05 Å². The van der Waals surface area contributed by atoms with Crippen LogP contribution in [0.3, 0.4) is 0 Å². The third-order valence-corrected chi connectivity index (χ3v) is 3.60. The van der Waals surface area contributed by atoms with Gasteiger partial charge in [0.25, 0.3) is 0 Å². The summed E-state index contributed by atoms with van der Waals surface area (Å²) in [5.74, 6) is 0. The summed E-state index contributed by atoms with van der Waals surface area (Å²) in [6.07, 6.45) is -12.8. The van der Waals surface area contributed by atoms with Crippen LogP contribution < -0.4 is 0 Å². The Labute approximate surface area is 111 Å². The van der Waals surface area contributed by atoms with E-state index in [1.807, 2.05) is 0 Å². The lowest BCUT2D eigenvalue weighted by Crippen LogP contribution is -2.64. The Hall–Kier alpha value is 0.0600. The zero-order valence-corrected chi connectivity index (χ0v) is 11.4. The molecule has 1 aliphatic carbocycles. The molecule has 2 unspecified atom stereocenters. The van der Waals surface area contributed by atoms with Crippen molar-refractivity contribution >= 4 is 15.6 Å².